The van der Waals surface area contributed by atoms with Crippen LogP contribution in [-0.2, 0) is 11.2 Å². The van der Waals surface area contributed by atoms with Gasteiger partial charge in [0, 0.05) is 17.1 Å². The third-order valence-electron chi connectivity index (χ3n) is 4.41. The quantitative estimate of drug-likeness (QED) is 0.788. The Morgan fingerprint density at radius 2 is 1.88 bits per heavy atom. The summed E-state index contributed by atoms with van der Waals surface area (Å²) in [6.07, 6.45) is 5.30. The lowest BCUT2D eigenvalue weighted by Crippen LogP contribution is -2.17. The summed E-state index contributed by atoms with van der Waals surface area (Å²) in [4.78, 5) is 23.5. The smallest absolute Gasteiger partial charge is 0.290 e. The van der Waals surface area contributed by atoms with Crippen molar-refractivity contribution in [3.05, 3.63) is 57.8 Å². The third kappa shape index (κ3) is 3.71. The number of unbranched alkanes of at least 4 members (excludes halogenated alkanes) is 1. The maximum atomic E-state index is 11.8. The van der Waals surface area contributed by atoms with E-state index in [-0.39, 0.29) is 11.1 Å². The van der Waals surface area contributed by atoms with Gasteiger partial charge >= 0.3 is 0 Å². The molecule has 0 spiro atoms. The van der Waals surface area contributed by atoms with Crippen LogP contribution in [0, 0.1) is 13.8 Å². The lowest BCUT2D eigenvalue weighted by molar-refractivity contribution is -0.115. The first-order valence-electron chi connectivity index (χ1n) is 8.52. The molecule has 0 unspecified atom stereocenters. The van der Waals surface area contributed by atoms with Crippen LogP contribution in [0.3, 0.4) is 0 Å². The second-order valence-corrected chi connectivity index (χ2v) is 7.30. The van der Waals surface area contributed by atoms with Gasteiger partial charge in [-0.05, 0) is 73.9 Å². The fourth-order valence-electron chi connectivity index (χ4n) is 3.09. The Bertz CT molecular complexity index is 847. The fourth-order valence-corrected chi connectivity index (χ4v) is 3.76. The van der Waals surface area contributed by atoms with E-state index in [0.29, 0.717) is 4.91 Å². The van der Waals surface area contributed by atoms with Gasteiger partial charge in [0.2, 0.25) is 0 Å². The highest BCUT2D eigenvalue weighted by Crippen LogP contribution is 2.29. The normalized spacial score (nSPS) is 15.9. The summed E-state index contributed by atoms with van der Waals surface area (Å²) in [5.74, 6) is -0.319. The molecule has 2 aromatic rings. The molecule has 0 aliphatic carbocycles. The van der Waals surface area contributed by atoms with Crippen molar-refractivity contribution in [3.8, 4) is 5.69 Å². The molecule has 1 aromatic carbocycles. The minimum Gasteiger partial charge on any atom is -0.318 e. The fraction of sp³-hybridized carbons (Fsp3) is 0.300. The number of nitrogens with zero attached hydrogens (tertiary/aromatic N) is 1. The van der Waals surface area contributed by atoms with Crippen LogP contribution < -0.4 is 5.32 Å². The maximum Gasteiger partial charge on any atom is 0.290 e. The standard InChI is InChI=1S/C20H22N2O2S/c1-4-5-6-15-7-9-17(10-8-15)22-13(2)11-16(14(22)3)12-18-19(23)21-20(24)25-18/h7-12H,4-6H2,1-3H3,(H,21,23,24)/b18-12+. The summed E-state index contributed by atoms with van der Waals surface area (Å²) in [6.45, 7) is 6.28. The van der Waals surface area contributed by atoms with Gasteiger partial charge in [-0.15, -0.1) is 0 Å². The van der Waals surface area contributed by atoms with E-state index in [9.17, 15) is 9.59 Å². The number of carbonyl (C=O) groups excluding carboxylic acids is 2. The summed E-state index contributed by atoms with van der Waals surface area (Å²) < 4.78 is 2.18. The number of aryl methyl sites for hydroxylation is 2. The average Bonchev–Trinajstić information content (AvgIpc) is 3.04. The molecule has 0 bridgehead atoms. The first kappa shape index (κ1) is 17.5. The molecular formula is C20H22N2O2S. The van der Waals surface area contributed by atoms with E-state index in [1.54, 1.807) is 6.08 Å². The zero-order chi connectivity index (χ0) is 18.0. The zero-order valence-corrected chi connectivity index (χ0v) is 15.6. The second-order valence-electron chi connectivity index (χ2n) is 6.28. The van der Waals surface area contributed by atoms with E-state index in [1.165, 1.54) is 18.4 Å². The highest BCUT2D eigenvalue weighted by atomic mass is 32.2. The second kappa shape index (κ2) is 7.31. The molecule has 5 heteroatoms. The van der Waals surface area contributed by atoms with E-state index >= 15 is 0 Å². The van der Waals surface area contributed by atoms with E-state index in [4.69, 9.17) is 0 Å². The van der Waals surface area contributed by atoms with Crippen LogP contribution >= 0.6 is 11.8 Å². The van der Waals surface area contributed by atoms with Crippen molar-refractivity contribution in [2.45, 2.75) is 40.0 Å². The zero-order valence-electron chi connectivity index (χ0n) is 14.8. The lowest BCUT2D eigenvalue weighted by atomic mass is 10.1. The molecule has 1 aliphatic heterocycles. The highest BCUT2D eigenvalue weighted by Gasteiger charge is 2.25. The number of amides is 2. The lowest BCUT2D eigenvalue weighted by Gasteiger charge is -2.10. The van der Waals surface area contributed by atoms with Gasteiger partial charge in [0.1, 0.15) is 0 Å². The molecule has 1 N–H and O–H groups in total. The van der Waals surface area contributed by atoms with Crippen LogP contribution in [-0.4, -0.2) is 15.7 Å². The van der Waals surface area contributed by atoms with Crippen molar-refractivity contribution in [3.63, 3.8) is 0 Å². The number of thioether (sulfide) groups is 1. The first-order valence-corrected chi connectivity index (χ1v) is 9.34. The molecular weight excluding hydrogens is 332 g/mol. The summed E-state index contributed by atoms with van der Waals surface area (Å²) in [6, 6.07) is 10.7. The number of hydrogen-bond donors (Lipinski definition) is 1. The van der Waals surface area contributed by atoms with Gasteiger partial charge in [-0.2, -0.15) is 0 Å². The van der Waals surface area contributed by atoms with Crippen LogP contribution in [0.15, 0.2) is 35.2 Å². The Labute approximate surface area is 152 Å². The minimum absolute atomic E-state index is 0.312. The molecule has 1 fully saturated rings. The Morgan fingerprint density at radius 3 is 2.48 bits per heavy atom. The molecule has 3 rings (SSSR count). The minimum atomic E-state index is -0.319. The van der Waals surface area contributed by atoms with Crippen molar-refractivity contribution < 1.29 is 9.59 Å². The van der Waals surface area contributed by atoms with Crippen molar-refractivity contribution in [2.75, 3.05) is 0 Å². The third-order valence-corrected chi connectivity index (χ3v) is 5.22. The molecule has 0 atom stereocenters. The van der Waals surface area contributed by atoms with Crippen molar-refractivity contribution in [1.82, 2.24) is 9.88 Å². The number of hydrogen-bond acceptors (Lipinski definition) is 3. The summed E-state index contributed by atoms with van der Waals surface area (Å²) in [5, 5.41) is 1.98. The van der Waals surface area contributed by atoms with Gasteiger partial charge in [-0.1, -0.05) is 25.5 Å². The molecule has 0 saturated carbocycles. The summed E-state index contributed by atoms with van der Waals surface area (Å²) in [5.41, 5.74) is 5.58. The van der Waals surface area contributed by atoms with Crippen molar-refractivity contribution in [1.29, 1.82) is 0 Å². The molecule has 1 aliphatic rings. The van der Waals surface area contributed by atoms with Gasteiger partial charge in [0.05, 0.1) is 4.91 Å². The Hall–Kier alpha value is -2.27. The Kier molecular flexibility index (Phi) is 5.13. The topological polar surface area (TPSA) is 51.1 Å². The molecule has 130 valence electrons. The van der Waals surface area contributed by atoms with Gasteiger partial charge in [0.15, 0.2) is 0 Å². The number of carbonyl (C=O) groups is 2. The molecule has 1 saturated heterocycles. The molecule has 4 nitrogen and oxygen atoms in total. The molecule has 25 heavy (non-hydrogen) atoms. The predicted molar refractivity (Wildman–Crippen MR) is 103 cm³/mol. The Morgan fingerprint density at radius 1 is 1.16 bits per heavy atom. The van der Waals surface area contributed by atoms with Gasteiger partial charge in [-0.25, -0.2) is 0 Å². The van der Waals surface area contributed by atoms with Crippen LogP contribution in [0.4, 0.5) is 4.79 Å². The van der Waals surface area contributed by atoms with Crippen LogP contribution in [0.25, 0.3) is 11.8 Å². The largest absolute Gasteiger partial charge is 0.318 e. The van der Waals surface area contributed by atoms with Crippen LogP contribution in [0.5, 0.6) is 0 Å². The molecule has 0 radical (unpaired) electrons. The number of benzene rings is 1. The monoisotopic (exact) mass is 354 g/mol. The molecule has 2 amide bonds. The maximum absolute atomic E-state index is 11.8. The van der Waals surface area contributed by atoms with Gasteiger partial charge in [-0.3, -0.25) is 14.9 Å². The predicted octanol–water partition coefficient (Wildman–Crippen LogP) is 4.76. The summed E-state index contributed by atoms with van der Waals surface area (Å²) >= 11 is 0.950. The van der Waals surface area contributed by atoms with E-state index in [1.807, 2.05) is 19.9 Å². The Balaban J connectivity index is 1.91. The SMILES string of the molecule is CCCCc1ccc(-n2c(C)cc(/C=C3/SC(=O)NC3=O)c2C)cc1. The number of nitrogens with one attached hydrogen (secondary N) is 1. The van der Waals surface area contributed by atoms with Gasteiger partial charge in [0.25, 0.3) is 11.1 Å². The molecule has 2 heterocycles. The average molecular weight is 354 g/mol. The van der Waals surface area contributed by atoms with E-state index < -0.39 is 0 Å². The molecule has 1 aromatic heterocycles. The number of aromatic nitrogens is 1. The highest BCUT2D eigenvalue weighted by molar-refractivity contribution is 8.18. The van der Waals surface area contributed by atoms with Crippen LogP contribution in [0.2, 0.25) is 0 Å². The summed E-state index contributed by atoms with van der Waals surface area (Å²) in [7, 11) is 0. The van der Waals surface area contributed by atoms with Gasteiger partial charge < -0.3 is 4.57 Å². The van der Waals surface area contributed by atoms with Crippen molar-refractivity contribution in [2.24, 2.45) is 0 Å². The van der Waals surface area contributed by atoms with E-state index in [2.05, 4.69) is 41.1 Å². The first-order chi connectivity index (χ1) is 12.0. The van der Waals surface area contributed by atoms with Crippen LogP contribution in [0.1, 0.15) is 42.3 Å². The number of rotatable bonds is 5. The van der Waals surface area contributed by atoms with Crippen molar-refractivity contribution >= 4 is 29.0 Å². The number of imide groups is 1. The van der Waals surface area contributed by atoms with E-state index in [0.717, 1.165) is 40.8 Å².